The highest BCUT2D eigenvalue weighted by molar-refractivity contribution is 6.06. The van der Waals surface area contributed by atoms with Gasteiger partial charge in [-0.15, -0.1) is 0 Å². The number of carbonyl (C=O) groups excluding carboxylic acids is 1. The van der Waals surface area contributed by atoms with Crippen LogP contribution in [0.2, 0.25) is 0 Å². The predicted octanol–water partition coefficient (Wildman–Crippen LogP) is 3.75. The van der Waals surface area contributed by atoms with E-state index in [0.717, 1.165) is 16.7 Å². The number of hydrogen-bond donors (Lipinski definition) is 2. The second-order valence-corrected chi connectivity index (χ2v) is 4.97. The van der Waals surface area contributed by atoms with E-state index >= 15 is 0 Å². The van der Waals surface area contributed by atoms with Gasteiger partial charge in [0, 0.05) is 16.8 Å². The number of hydrogen-bond acceptors (Lipinski definition) is 3. The molecule has 2 aromatic rings. The summed E-state index contributed by atoms with van der Waals surface area (Å²) in [5.41, 5.74) is 4.64. The largest absolute Gasteiger partial charge is 0.411 e. The predicted molar refractivity (Wildman–Crippen MR) is 84.3 cm³/mol. The van der Waals surface area contributed by atoms with Crippen molar-refractivity contribution in [3.8, 4) is 0 Å². The third-order valence-electron chi connectivity index (χ3n) is 3.54. The van der Waals surface area contributed by atoms with Crippen molar-refractivity contribution in [3.05, 3.63) is 64.7 Å². The standard InChI is InChI=1S/C17H18N2O2/c1-11-6-4-9-16(12(11)2)17(20)18-15-8-5-7-14(10-15)13(3)19-21/h4-10,21H,1-3H3,(H,18,20)/b19-13+. The van der Waals surface area contributed by atoms with Gasteiger partial charge in [0.15, 0.2) is 0 Å². The van der Waals surface area contributed by atoms with Gasteiger partial charge in [0.25, 0.3) is 5.91 Å². The molecule has 0 aromatic heterocycles. The number of benzene rings is 2. The van der Waals surface area contributed by atoms with Crippen LogP contribution in [0.1, 0.15) is 34.0 Å². The van der Waals surface area contributed by atoms with Gasteiger partial charge in [0.2, 0.25) is 0 Å². The first-order valence-electron chi connectivity index (χ1n) is 6.69. The monoisotopic (exact) mass is 282 g/mol. The quantitative estimate of drug-likeness (QED) is 0.511. The molecule has 0 aliphatic rings. The van der Waals surface area contributed by atoms with Gasteiger partial charge >= 0.3 is 0 Å². The minimum absolute atomic E-state index is 0.146. The van der Waals surface area contributed by atoms with Crippen molar-refractivity contribution >= 4 is 17.3 Å². The summed E-state index contributed by atoms with van der Waals surface area (Å²) in [6.07, 6.45) is 0. The molecule has 0 aliphatic heterocycles. The fourth-order valence-corrected chi connectivity index (χ4v) is 2.08. The van der Waals surface area contributed by atoms with Crippen molar-refractivity contribution in [1.82, 2.24) is 0 Å². The smallest absolute Gasteiger partial charge is 0.255 e. The number of aryl methyl sites for hydroxylation is 1. The third-order valence-corrected chi connectivity index (χ3v) is 3.54. The Morgan fingerprint density at radius 1 is 1.14 bits per heavy atom. The first-order valence-corrected chi connectivity index (χ1v) is 6.69. The van der Waals surface area contributed by atoms with Crippen LogP contribution in [-0.2, 0) is 0 Å². The van der Waals surface area contributed by atoms with E-state index in [2.05, 4.69) is 10.5 Å². The minimum atomic E-state index is -0.146. The van der Waals surface area contributed by atoms with Crippen molar-refractivity contribution in [3.63, 3.8) is 0 Å². The lowest BCUT2D eigenvalue weighted by Crippen LogP contribution is -2.14. The lowest BCUT2D eigenvalue weighted by atomic mass is 10.0. The Bertz CT molecular complexity index is 706. The van der Waals surface area contributed by atoms with Crippen LogP contribution in [0.4, 0.5) is 5.69 Å². The zero-order valence-electron chi connectivity index (χ0n) is 12.3. The fraction of sp³-hybridized carbons (Fsp3) is 0.176. The highest BCUT2D eigenvalue weighted by Crippen LogP contribution is 2.16. The summed E-state index contributed by atoms with van der Waals surface area (Å²) in [6, 6.07) is 12.9. The number of carbonyl (C=O) groups is 1. The summed E-state index contributed by atoms with van der Waals surface area (Å²) in [7, 11) is 0. The van der Waals surface area contributed by atoms with E-state index in [9.17, 15) is 4.79 Å². The molecule has 0 radical (unpaired) electrons. The van der Waals surface area contributed by atoms with Gasteiger partial charge in [-0.3, -0.25) is 4.79 Å². The van der Waals surface area contributed by atoms with E-state index < -0.39 is 0 Å². The summed E-state index contributed by atoms with van der Waals surface area (Å²) in [5, 5.41) is 14.8. The molecule has 0 spiro atoms. The Morgan fingerprint density at radius 3 is 2.57 bits per heavy atom. The van der Waals surface area contributed by atoms with E-state index in [1.54, 1.807) is 19.1 Å². The molecule has 2 rings (SSSR count). The van der Waals surface area contributed by atoms with Gasteiger partial charge in [0.05, 0.1) is 5.71 Å². The third kappa shape index (κ3) is 3.28. The van der Waals surface area contributed by atoms with Gasteiger partial charge in [-0.2, -0.15) is 0 Å². The van der Waals surface area contributed by atoms with Gasteiger partial charge < -0.3 is 10.5 Å². The van der Waals surface area contributed by atoms with Crippen molar-refractivity contribution < 1.29 is 10.0 Å². The summed E-state index contributed by atoms with van der Waals surface area (Å²) >= 11 is 0. The molecule has 0 saturated heterocycles. The van der Waals surface area contributed by atoms with E-state index in [-0.39, 0.29) is 5.91 Å². The molecule has 108 valence electrons. The zero-order valence-corrected chi connectivity index (χ0v) is 12.3. The summed E-state index contributed by atoms with van der Waals surface area (Å²) in [6.45, 7) is 5.61. The van der Waals surface area contributed by atoms with Crippen LogP contribution in [0.5, 0.6) is 0 Å². The Morgan fingerprint density at radius 2 is 1.86 bits per heavy atom. The molecule has 0 saturated carbocycles. The molecule has 0 bridgehead atoms. The van der Waals surface area contributed by atoms with E-state index in [1.807, 2.05) is 44.2 Å². The molecule has 4 heteroatoms. The molecule has 0 unspecified atom stereocenters. The Kier molecular flexibility index (Phi) is 4.38. The van der Waals surface area contributed by atoms with Gasteiger partial charge in [-0.25, -0.2) is 0 Å². The highest BCUT2D eigenvalue weighted by Gasteiger charge is 2.10. The lowest BCUT2D eigenvalue weighted by molar-refractivity contribution is 0.102. The number of oxime groups is 1. The summed E-state index contributed by atoms with van der Waals surface area (Å²) in [5.74, 6) is -0.146. The molecule has 0 fully saturated rings. The second-order valence-electron chi connectivity index (χ2n) is 4.97. The first kappa shape index (κ1) is 14.8. The Hall–Kier alpha value is -2.62. The molecule has 2 aromatic carbocycles. The number of rotatable bonds is 3. The topological polar surface area (TPSA) is 61.7 Å². The average Bonchev–Trinajstić information content (AvgIpc) is 2.49. The van der Waals surface area contributed by atoms with Crippen molar-refractivity contribution in [2.45, 2.75) is 20.8 Å². The second kappa shape index (κ2) is 6.22. The average molecular weight is 282 g/mol. The molecule has 4 nitrogen and oxygen atoms in total. The van der Waals surface area contributed by atoms with Crippen LogP contribution in [0.15, 0.2) is 47.6 Å². The number of amides is 1. The van der Waals surface area contributed by atoms with E-state index in [1.165, 1.54) is 0 Å². The van der Waals surface area contributed by atoms with Crippen molar-refractivity contribution in [1.29, 1.82) is 0 Å². The lowest BCUT2D eigenvalue weighted by Gasteiger charge is -2.10. The zero-order chi connectivity index (χ0) is 15.4. The fourth-order valence-electron chi connectivity index (χ4n) is 2.08. The van der Waals surface area contributed by atoms with Crippen molar-refractivity contribution in [2.75, 3.05) is 5.32 Å². The number of anilines is 1. The SMILES string of the molecule is C/C(=N\O)c1cccc(NC(=O)c2cccc(C)c2C)c1. The first-order chi connectivity index (χ1) is 10.0. The van der Waals surface area contributed by atoms with Crippen LogP contribution in [-0.4, -0.2) is 16.8 Å². The maximum Gasteiger partial charge on any atom is 0.255 e. The van der Waals surface area contributed by atoms with Crippen LogP contribution in [0, 0.1) is 13.8 Å². The van der Waals surface area contributed by atoms with Gasteiger partial charge in [0.1, 0.15) is 0 Å². The maximum atomic E-state index is 12.3. The van der Waals surface area contributed by atoms with E-state index in [0.29, 0.717) is 17.0 Å². The molecule has 0 atom stereocenters. The summed E-state index contributed by atoms with van der Waals surface area (Å²) in [4.78, 5) is 12.3. The Balaban J connectivity index is 2.26. The van der Waals surface area contributed by atoms with Crippen LogP contribution >= 0.6 is 0 Å². The number of nitrogens with one attached hydrogen (secondary N) is 1. The van der Waals surface area contributed by atoms with E-state index in [4.69, 9.17) is 5.21 Å². The maximum absolute atomic E-state index is 12.3. The van der Waals surface area contributed by atoms with Crippen LogP contribution in [0.3, 0.4) is 0 Å². The molecular formula is C17H18N2O2. The highest BCUT2D eigenvalue weighted by atomic mass is 16.4. The van der Waals surface area contributed by atoms with Crippen molar-refractivity contribution in [2.24, 2.45) is 5.16 Å². The van der Waals surface area contributed by atoms with Gasteiger partial charge in [-0.1, -0.05) is 29.4 Å². The number of nitrogens with zero attached hydrogens (tertiary/aromatic N) is 1. The van der Waals surface area contributed by atoms with Gasteiger partial charge in [-0.05, 0) is 50.1 Å². The molecule has 21 heavy (non-hydrogen) atoms. The normalized spacial score (nSPS) is 11.3. The molecule has 0 aliphatic carbocycles. The molecular weight excluding hydrogens is 264 g/mol. The minimum Gasteiger partial charge on any atom is -0.411 e. The van der Waals surface area contributed by atoms with Crippen LogP contribution < -0.4 is 5.32 Å². The Labute approximate surface area is 124 Å². The molecule has 1 amide bonds. The van der Waals surface area contributed by atoms with Crippen LogP contribution in [0.25, 0.3) is 0 Å². The molecule has 0 heterocycles. The molecule has 2 N–H and O–H groups in total. The summed E-state index contributed by atoms with van der Waals surface area (Å²) < 4.78 is 0.